The average Bonchev–Trinajstić information content (AvgIpc) is 2.56. The average molecular weight is 339 g/mol. The molecule has 0 radical (unpaired) electrons. The van der Waals surface area contributed by atoms with Gasteiger partial charge in [-0.05, 0) is 60.0 Å². The minimum atomic E-state index is -0.352. The van der Waals surface area contributed by atoms with Crippen molar-refractivity contribution < 1.29 is 14.7 Å². The van der Waals surface area contributed by atoms with E-state index in [2.05, 4.69) is 15.8 Å². The van der Waals surface area contributed by atoms with Crippen molar-refractivity contribution in [3.63, 3.8) is 0 Å². The van der Waals surface area contributed by atoms with Gasteiger partial charge in [-0.25, -0.2) is 5.43 Å². The fourth-order valence-corrected chi connectivity index (χ4v) is 2.08. The van der Waals surface area contributed by atoms with Crippen molar-refractivity contribution in [1.29, 1.82) is 0 Å². The Labute approximate surface area is 146 Å². The Bertz CT molecular complexity index is 750. The number of amides is 2. The van der Waals surface area contributed by atoms with Crippen LogP contribution in [0.15, 0.2) is 53.6 Å². The number of rotatable bonds is 6. The SMILES string of the molecule is CC(C)CC(=O)Nc1ccc(C(=O)NN=Cc2ccc(O)cc2)cc1. The molecule has 0 saturated heterocycles. The van der Waals surface area contributed by atoms with Crippen LogP contribution in [0.3, 0.4) is 0 Å². The Morgan fingerprint density at radius 1 is 1.08 bits per heavy atom. The predicted octanol–water partition coefficient (Wildman–Crippen LogP) is 3.14. The maximum atomic E-state index is 12.0. The van der Waals surface area contributed by atoms with E-state index >= 15 is 0 Å². The minimum Gasteiger partial charge on any atom is -0.508 e. The van der Waals surface area contributed by atoms with Crippen molar-refractivity contribution in [2.24, 2.45) is 11.0 Å². The molecule has 0 aliphatic heterocycles. The van der Waals surface area contributed by atoms with Crippen molar-refractivity contribution >= 4 is 23.7 Å². The van der Waals surface area contributed by atoms with Crippen LogP contribution in [0, 0.1) is 5.92 Å². The first-order valence-electron chi connectivity index (χ1n) is 7.96. The van der Waals surface area contributed by atoms with Crippen LogP contribution < -0.4 is 10.7 Å². The number of carbonyl (C=O) groups excluding carboxylic acids is 2. The van der Waals surface area contributed by atoms with Crippen LogP contribution in [0.4, 0.5) is 5.69 Å². The number of phenols is 1. The molecular weight excluding hydrogens is 318 g/mol. The van der Waals surface area contributed by atoms with E-state index in [1.54, 1.807) is 36.4 Å². The standard InChI is InChI=1S/C19H21N3O3/c1-13(2)11-18(24)21-16-7-5-15(6-8-16)19(25)22-20-12-14-3-9-17(23)10-4-14/h3-10,12-13,23H,11H2,1-2H3,(H,21,24)(H,22,25). The van der Waals surface area contributed by atoms with Gasteiger partial charge in [0.05, 0.1) is 6.21 Å². The molecule has 130 valence electrons. The van der Waals surface area contributed by atoms with Crippen LogP contribution in [-0.2, 0) is 4.79 Å². The summed E-state index contributed by atoms with van der Waals surface area (Å²) in [5.41, 5.74) is 4.26. The molecule has 2 aromatic carbocycles. The summed E-state index contributed by atoms with van der Waals surface area (Å²) in [7, 11) is 0. The Morgan fingerprint density at radius 3 is 2.32 bits per heavy atom. The lowest BCUT2D eigenvalue weighted by atomic mass is 10.1. The summed E-state index contributed by atoms with van der Waals surface area (Å²) in [6, 6.07) is 13.0. The molecule has 25 heavy (non-hydrogen) atoms. The summed E-state index contributed by atoms with van der Waals surface area (Å²) in [4.78, 5) is 23.7. The van der Waals surface area contributed by atoms with Crippen molar-refractivity contribution in [2.45, 2.75) is 20.3 Å². The Balaban J connectivity index is 1.89. The number of anilines is 1. The van der Waals surface area contributed by atoms with Crippen LogP contribution in [0.25, 0.3) is 0 Å². The highest BCUT2D eigenvalue weighted by atomic mass is 16.3. The van der Waals surface area contributed by atoms with Gasteiger partial charge in [-0.2, -0.15) is 5.10 Å². The monoisotopic (exact) mass is 339 g/mol. The number of phenolic OH excluding ortho intramolecular Hbond substituents is 1. The van der Waals surface area contributed by atoms with Gasteiger partial charge in [0.15, 0.2) is 0 Å². The first-order valence-corrected chi connectivity index (χ1v) is 7.96. The molecule has 0 unspecified atom stereocenters. The van der Waals surface area contributed by atoms with Crippen LogP contribution in [0.1, 0.15) is 36.2 Å². The lowest BCUT2D eigenvalue weighted by Crippen LogP contribution is -2.18. The summed E-state index contributed by atoms with van der Waals surface area (Å²) < 4.78 is 0. The van der Waals surface area contributed by atoms with Gasteiger partial charge in [0.25, 0.3) is 5.91 Å². The van der Waals surface area contributed by atoms with Crippen molar-refractivity contribution in [3.05, 3.63) is 59.7 Å². The first-order chi connectivity index (χ1) is 11.9. The fraction of sp³-hybridized carbons (Fsp3) is 0.211. The van der Waals surface area contributed by atoms with Gasteiger partial charge >= 0.3 is 0 Å². The zero-order valence-electron chi connectivity index (χ0n) is 14.2. The summed E-state index contributed by atoms with van der Waals surface area (Å²) in [5.74, 6) is 0.0547. The first kappa shape index (κ1) is 18.2. The van der Waals surface area contributed by atoms with E-state index in [9.17, 15) is 14.7 Å². The molecule has 0 saturated carbocycles. The maximum absolute atomic E-state index is 12.0. The third kappa shape index (κ3) is 6.10. The smallest absolute Gasteiger partial charge is 0.271 e. The third-order valence-corrected chi connectivity index (χ3v) is 3.30. The maximum Gasteiger partial charge on any atom is 0.271 e. The van der Waals surface area contributed by atoms with Gasteiger partial charge in [0, 0.05) is 17.7 Å². The molecule has 3 N–H and O–H groups in total. The number of aromatic hydroxyl groups is 1. The highest BCUT2D eigenvalue weighted by Crippen LogP contribution is 2.11. The molecule has 0 aliphatic carbocycles. The number of hydrazone groups is 1. The molecule has 6 heteroatoms. The Kier molecular flexibility index (Phi) is 6.28. The molecule has 2 rings (SSSR count). The largest absolute Gasteiger partial charge is 0.508 e. The van der Waals surface area contributed by atoms with E-state index in [1.165, 1.54) is 18.3 Å². The topological polar surface area (TPSA) is 90.8 Å². The summed E-state index contributed by atoms with van der Waals surface area (Å²) in [6.07, 6.45) is 1.94. The number of hydrogen-bond donors (Lipinski definition) is 3. The quantitative estimate of drug-likeness (QED) is 0.558. The number of carbonyl (C=O) groups is 2. The van der Waals surface area contributed by atoms with E-state index in [0.717, 1.165) is 5.56 Å². The molecule has 0 atom stereocenters. The molecule has 0 aromatic heterocycles. The summed E-state index contributed by atoms with van der Waals surface area (Å²) >= 11 is 0. The molecular formula is C19H21N3O3. The lowest BCUT2D eigenvalue weighted by Gasteiger charge is -2.07. The van der Waals surface area contributed by atoms with E-state index in [0.29, 0.717) is 17.7 Å². The fourth-order valence-electron chi connectivity index (χ4n) is 2.08. The van der Waals surface area contributed by atoms with E-state index in [4.69, 9.17) is 0 Å². The summed E-state index contributed by atoms with van der Waals surface area (Å²) in [5, 5.41) is 15.9. The van der Waals surface area contributed by atoms with E-state index in [-0.39, 0.29) is 23.5 Å². The lowest BCUT2D eigenvalue weighted by molar-refractivity contribution is -0.116. The zero-order valence-corrected chi connectivity index (χ0v) is 14.2. The van der Waals surface area contributed by atoms with Gasteiger partial charge in [-0.1, -0.05) is 13.8 Å². The minimum absolute atomic E-state index is 0.0503. The molecule has 2 amide bonds. The van der Waals surface area contributed by atoms with Crippen LogP contribution in [-0.4, -0.2) is 23.1 Å². The van der Waals surface area contributed by atoms with Crippen LogP contribution in [0.2, 0.25) is 0 Å². The van der Waals surface area contributed by atoms with Gasteiger partial charge in [0.2, 0.25) is 5.91 Å². The van der Waals surface area contributed by atoms with Gasteiger partial charge in [-0.15, -0.1) is 0 Å². The third-order valence-electron chi connectivity index (χ3n) is 3.30. The highest BCUT2D eigenvalue weighted by Gasteiger charge is 2.07. The second-order valence-corrected chi connectivity index (χ2v) is 6.01. The molecule has 6 nitrogen and oxygen atoms in total. The summed E-state index contributed by atoms with van der Waals surface area (Å²) in [6.45, 7) is 3.96. The number of nitrogens with zero attached hydrogens (tertiary/aromatic N) is 1. The van der Waals surface area contributed by atoms with E-state index in [1.807, 2.05) is 13.8 Å². The van der Waals surface area contributed by atoms with Gasteiger partial charge < -0.3 is 10.4 Å². The molecule has 0 aliphatic rings. The predicted molar refractivity (Wildman–Crippen MR) is 97.7 cm³/mol. The second kappa shape index (κ2) is 8.63. The molecule has 0 heterocycles. The molecule has 0 spiro atoms. The number of hydrogen-bond acceptors (Lipinski definition) is 4. The molecule has 2 aromatic rings. The number of nitrogens with one attached hydrogen (secondary N) is 2. The van der Waals surface area contributed by atoms with Crippen LogP contribution in [0.5, 0.6) is 5.75 Å². The Morgan fingerprint density at radius 2 is 1.72 bits per heavy atom. The number of benzene rings is 2. The second-order valence-electron chi connectivity index (χ2n) is 6.01. The molecule has 0 bridgehead atoms. The van der Waals surface area contributed by atoms with Crippen molar-refractivity contribution in [1.82, 2.24) is 5.43 Å². The van der Waals surface area contributed by atoms with Gasteiger partial charge in [-0.3, -0.25) is 9.59 Å². The van der Waals surface area contributed by atoms with Crippen molar-refractivity contribution in [2.75, 3.05) is 5.32 Å². The van der Waals surface area contributed by atoms with Crippen LogP contribution >= 0.6 is 0 Å². The van der Waals surface area contributed by atoms with E-state index < -0.39 is 0 Å². The van der Waals surface area contributed by atoms with Gasteiger partial charge in [0.1, 0.15) is 5.75 Å². The normalized spacial score (nSPS) is 10.8. The van der Waals surface area contributed by atoms with Crippen molar-refractivity contribution in [3.8, 4) is 5.75 Å². The molecule has 0 fully saturated rings. The zero-order chi connectivity index (χ0) is 18.2. The highest BCUT2D eigenvalue weighted by molar-refractivity contribution is 5.96. The Hall–Kier alpha value is -3.15.